The van der Waals surface area contributed by atoms with Gasteiger partial charge in [-0.25, -0.2) is 0 Å². The molecule has 2 atom stereocenters. The van der Waals surface area contributed by atoms with Crippen molar-refractivity contribution in [3.63, 3.8) is 0 Å². The van der Waals surface area contributed by atoms with Crippen LogP contribution in [0.15, 0.2) is 24.3 Å². The Morgan fingerprint density at radius 1 is 1.17 bits per heavy atom. The Morgan fingerprint density at radius 3 is 2.39 bits per heavy atom. The molecule has 4 N–H and O–H groups in total. The maximum Gasteiger partial charge on any atom is 0.252 e. The maximum absolute atomic E-state index is 12.4. The van der Waals surface area contributed by atoms with Crippen molar-refractivity contribution in [1.29, 1.82) is 0 Å². The molecule has 0 spiro atoms. The molecule has 5 heteroatoms. The van der Waals surface area contributed by atoms with Crippen molar-refractivity contribution < 1.29 is 9.59 Å². The van der Waals surface area contributed by atoms with E-state index in [4.69, 9.17) is 5.73 Å². The molecule has 0 heterocycles. The standard InChI is InChI=1S/C18H29N3O2/c1-12(2)11-16(18(23)20-10-9-14(4)19)21-17(22)15-8-6-5-7-13(15)3/h5-8,12,14,16H,9-11,19H2,1-4H3,(H,20,23)(H,21,22). The third kappa shape index (κ3) is 6.82. The van der Waals surface area contributed by atoms with E-state index in [1.807, 2.05) is 45.9 Å². The molecule has 128 valence electrons. The van der Waals surface area contributed by atoms with Gasteiger partial charge in [0, 0.05) is 18.2 Å². The lowest BCUT2D eigenvalue weighted by Gasteiger charge is -2.21. The lowest BCUT2D eigenvalue weighted by atomic mass is 10.0. The van der Waals surface area contributed by atoms with Crippen LogP contribution in [0.1, 0.15) is 49.5 Å². The van der Waals surface area contributed by atoms with Gasteiger partial charge < -0.3 is 16.4 Å². The number of nitrogens with two attached hydrogens (primary N) is 1. The van der Waals surface area contributed by atoms with Crippen LogP contribution in [0.5, 0.6) is 0 Å². The Morgan fingerprint density at radius 2 is 1.83 bits per heavy atom. The first kappa shape index (κ1) is 19.2. The average molecular weight is 319 g/mol. The number of amides is 2. The van der Waals surface area contributed by atoms with Gasteiger partial charge in [0.25, 0.3) is 5.91 Å². The molecule has 1 aromatic rings. The molecule has 2 unspecified atom stereocenters. The van der Waals surface area contributed by atoms with E-state index in [0.717, 1.165) is 5.56 Å². The highest BCUT2D eigenvalue weighted by molar-refractivity contribution is 5.98. The number of hydrogen-bond acceptors (Lipinski definition) is 3. The van der Waals surface area contributed by atoms with Crippen LogP contribution >= 0.6 is 0 Å². The molecule has 2 amide bonds. The fraction of sp³-hybridized carbons (Fsp3) is 0.556. The van der Waals surface area contributed by atoms with Gasteiger partial charge >= 0.3 is 0 Å². The quantitative estimate of drug-likeness (QED) is 0.685. The van der Waals surface area contributed by atoms with Gasteiger partial charge in [-0.05, 0) is 44.2 Å². The minimum Gasteiger partial charge on any atom is -0.354 e. The molecule has 0 aliphatic carbocycles. The zero-order valence-electron chi connectivity index (χ0n) is 14.6. The van der Waals surface area contributed by atoms with Crippen LogP contribution < -0.4 is 16.4 Å². The van der Waals surface area contributed by atoms with Gasteiger partial charge in [0.1, 0.15) is 6.04 Å². The van der Waals surface area contributed by atoms with E-state index in [1.54, 1.807) is 6.07 Å². The second kappa shape index (κ2) is 9.30. The highest BCUT2D eigenvalue weighted by Crippen LogP contribution is 2.10. The summed E-state index contributed by atoms with van der Waals surface area (Å²) in [7, 11) is 0. The summed E-state index contributed by atoms with van der Waals surface area (Å²) in [5.41, 5.74) is 7.18. The molecule has 0 saturated carbocycles. The Labute approximate surface area is 139 Å². The number of carbonyl (C=O) groups is 2. The fourth-order valence-corrected chi connectivity index (χ4v) is 2.31. The van der Waals surface area contributed by atoms with Crippen LogP contribution in [0.3, 0.4) is 0 Å². The molecule has 0 bridgehead atoms. The molecule has 0 aliphatic heterocycles. The maximum atomic E-state index is 12.4. The SMILES string of the molecule is Cc1ccccc1C(=O)NC(CC(C)C)C(=O)NCCC(C)N. The van der Waals surface area contributed by atoms with Crippen LogP contribution in [0.25, 0.3) is 0 Å². The number of aryl methyl sites for hydroxylation is 1. The summed E-state index contributed by atoms with van der Waals surface area (Å²) in [6.07, 6.45) is 1.31. The third-order valence-corrected chi connectivity index (χ3v) is 3.62. The highest BCUT2D eigenvalue weighted by atomic mass is 16.2. The van der Waals surface area contributed by atoms with Gasteiger partial charge in [0.2, 0.25) is 5.91 Å². The van der Waals surface area contributed by atoms with E-state index in [1.165, 1.54) is 0 Å². The minimum absolute atomic E-state index is 0.0420. The molecule has 0 fully saturated rings. The first-order valence-corrected chi connectivity index (χ1v) is 8.21. The van der Waals surface area contributed by atoms with Crippen LogP contribution in [0.4, 0.5) is 0 Å². The largest absolute Gasteiger partial charge is 0.354 e. The third-order valence-electron chi connectivity index (χ3n) is 3.62. The molecule has 1 rings (SSSR count). The minimum atomic E-state index is -0.532. The molecule has 5 nitrogen and oxygen atoms in total. The molecule has 0 aliphatic rings. The summed E-state index contributed by atoms with van der Waals surface area (Å²) in [6, 6.07) is 6.87. The topological polar surface area (TPSA) is 84.2 Å². The van der Waals surface area contributed by atoms with Gasteiger partial charge in [-0.15, -0.1) is 0 Å². The van der Waals surface area contributed by atoms with E-state index in [0.29, 0.717) is 30.9 Å². The van der Waals surface area contributed by atoms with Gasteiger partial charge in [-0.3, -0.25) is 9.59 Å². The number of benzene rings is 1. The molecule has 0 aromatic heterocycles. The molecule has 23 heavy (non-hydrogen) atoms. The van der Waals surface area contributed by atoms with Gasteiger partial charge in [-0.2, -0.15) is 0 Å². The summed E-state index contributed by atoms with van der Waals surface area (Å²) in [5.74, 6) is -0.0614. The Hall–Kier alpha value is -1.88. The summed E-state index contributed by atoms with van der Waals surface area (Å²) >= 11 is 0. The van der Waals surface area contributed by atoms with Gasteiger partial charge in [0.15, 0.2) is 0 Å². The number of hydrogen-bond donors (Lipinski definition) is 3. The lowest BCUT2D eigenvalue weighted by molar-refractivity contribution is -0.123. The molecule has 0 radical (unpaired) electrons. The first-order chi connectivity index (χ1) is 10.8. The average Bonchev–Trinajstić information content (AvgIpc) is 2.45. The summed E-state index contributed by atoms with van der Waals surface area (Å²) in [5, 5.41) is 5.72. The highest BCUT2D eigenvalue weighted by Gasteiger charge is 2.22. The van der Waals surface area contributed by atoms with Crippen LogP contribution in [0.2, 0.25) is 0 Å². The second-order valence-electron chi connectivity index (χ2n) is 6.53. The Balaban J connectivity index is 2.72. The van der Waals surface area contributed by atoms with E-state index < -0.39 is 6.04 Å². The van der Waals surface area contributed by atoms with Crippen LogP contribution in [-0.4, -0.2) is 30.4 Å². The number of rotatable bonds is 8. The fourth-order valence-electron chi connectivity index (χ4n) is 2.31. The van der Waals surface area contributed by atoms with E-state index >= 15 is 0 Å². The zero-order chi connectivity index (χ0) is 17.4. The molecule has 1 aromatic carbocycles. The smallest absolute Gasteiger partial charge is 0.252 e. The van der Waals surface area contributed by atoms with Crippen molar-refractivity contribution in [2.24, 2.45) is 11.7 Å². The van der Waals surface area contributed by atoms with Crippen molar-refractivity contribution in [1.82, 2.24) is 10.6 Å². The number of nitrogens with one attached hydrogen (secondary N) is 2. The van der Waals surface area contributed by atoms with Gasteiger partial charge in [0.05, 0.1) is 0 Å². The predicted octanol–water partition coefficient (Wildman–Crippen LogP) is 1.99. The molecular weight excluding hydrogens is 290 g/mol. The first-order valence-electron chi connectivity index (χ1n) is 8.21. The predicted molar refractivity (Wildman–Crippen MR) is 93.2 cm³/mol. The number of carbonyl (C=O) groups excluding carboxylic acids is 2. The summed E-state index contributed by atoms with van der Waals surface area (Å²) in [4.78, 5) is 24.8. The molecular formula is C18H29N3O2. The van der Waals surface area contributed by atoms with Crippen molar-refractivity contribution in [2.75, 3.05) is 6.54 Å². The summed E-state index contributed by atoms with van der Waals surface area (Å²) in [6.45, 7) is 8.36. The van der Waals surface area contributed by atoms with Crippen molar-refractivity contribution in [3.05, 3.63) is 35.4 Å². The Kier molecular flexibility index (Phi) is 7.75. The summed E-state index contributed by atoms with van der Waals surface area (Å²) < 4.78 is 0. The zero-order valence-corrected chi connectivity index (χ0v) is 14.6. The van der Waals surface area contributed by atoms with E-state index in [2.05, 4.69) is 10.6 Å². The van der Waals surface area contributed by atoms with E-state index in [-0.39, 0.29) is 17.9 Å². The van der Waals surface area contributed by atoms with Crippen molar-refractivity contribution in [3.8, 4) is 0 Å². The van der Waals surface area contributed by atoms with E-state index in [9.17, 15) is 9.59 Å². The van der Waals surface area contributed by atoms with Gasteiger partial charge in [-0.1, -0.05) is 32.0 Å². The molecule has 0 saturated heterocycles. The Bertz CT molecular complexity index is 527. The van der Waals surface area contributed by atoms with Crippen LogP contribution in [0, 0.1) is 12.8 Å². The lowest BCUT2D eigenvalue weighted by Crippen LogP contribution is -2.48. The van der Waals surface area contributed by atoms with Crippen LogP contribution in [-0.2, 0) is 4.79 Å². The second-order valence-corrected chi connectivity index (χ2v) is 6.53. The van der Waals surface area contributed by atoms with Crippen molar-refractivity contribution >= 4 is 11.8 Å². The monoisotopic (exact) mass is 319 g/mol. The normalized spacial score (nSPS) is 13.5. The van der Waals surface area contributed by atoms with Crippen molar-refractivity contribution in [2.45, 2.75) is 52.6 Å².